The van der Waals surface area contributed by atoms with E-state index >= 15 is 0 Å². The molecule has 1 nitrogen and oxygen atoms in total. The van der Waals surface area contributed by atoms with Gasteiger partial charge in [0.2, 0.25) is 0 Å². The van der Waals surface area contributed by atoms with Crippen molar-refractivity contribution in [3.05, 3.63) is 16.1 Å². The molecule has 1 aliphatic rings. The van der Waals surface area contributed by atoms with Gasteiger partial charge in [-0.3, -0.25) is 0 Å². The Morgan fingerprint density at radius 3 is 2.91 bits per heavy atom. The molecule has 0 N–H and O–H groups in total. The number of alkyl halides is 1. The smallest absolute Gasteiger partial charge is 0.110 e. The average molecular weight is 232 g/mol. The lowest BCUT2D eigenvalue weighted by Gasteiger charge is -1.97. The van der Waals surface area contributed by atoms with E-state index in [9.17, 15) is 0 Å². The molecule has 0 unspecified atom stereocenters. The quantitative estimate of drug-likeness (QED) is 0.714. The molecule has 1 heterocycles. The van der Waals surface area contributed by atoms with E-state index in [4.69, 9.17) is 0 Å². The van der Waals surface area contributed by atoms with Crippen molar-refractivity contribution in [1.29, 1.82) is 0 Å². The molecule has 0 bridgehead atoms. The number of hydrogen-bond donors (Lipinski definition) is 0. The van der Waals surface area contributed by atoms with E-state index in [1.54, 1.807) is 0 Å². The highest BCUT2D eigenvalue weighted by Gasteiger charge is 2.44. The molecular weight excluding hydrogens is 222 g/mol. The fourth-order valence-corrected chi connectivity index (χ4v) is 2.54. The highest BCUT2D eigenvalue weighted by atomic mass is 79.9. The van der Waals surface area contributed by atoms with Crippen LogP contribution in [0.15, 0.2) is 6.20 Å². The molecule has 0 radical (unpaired) electrons. The largest absolute Gasteiger partial charge is 0.248 e. The molecule has 0 saturated heterocycles. The summed E-state index contributed by atoms with van der Waals surface area (Å²) in [6.07, 6.45) is 5.62. The van der Waals surface area contributed by atoms with Gasteiger partial charge in [-0.2, -0.15) is 0 Å². The summed E-state index contributed by atoms with van der Waals surface area (Å²) < 4.78 is 0.283. The second-order valence-electron chi connectivity index (χ2n) is 2.95. The number of nitrogens with zero attached hydrogens (tertiary/aromatic N) is 1. The van der Waals surface area contributed by atoms with E-state index in [0.717, 1.165) is 6.42 Å². The zero-order valence-electron chi connectivity index (χ0n) is 6.43. The van der Waals surface area contributed by atoms with Crippen molar-refractivity contribution in [2.75, 3.05) is 0 Å². The van der Waals surface area contributed by atoms with Crippen LogP contribution in [0.4, 0.5) is 0 Å². The Morgan fingerprint density at radius 1 is 1.73 bits per heavy atom. The molecule has 11 heavy (non-hydrogen) atoms. The molecular formula is C8H10BrNS. The number of hydrogen-bond acceptors (Lipinski definition) is 2. The molecule has 1 saturated carbocycles. The van der Waals surface area contributed by atoms with Crippen LogP contribution in [0.1, 0.15) is 29.7 Å². The minimum absolute atomic E-state index is 0.283. The predicted molar refractivity (Wildman–Crippen MR) is 51.3 cm³/mol. The van der Waals surface area contributed by atoms with Gasteiger partial charge in [-0.1, -0.05) is 22.9 Å². The lowest BCUT2D eigenvalue weighted by Crippen LogP contribution is -1.91. The molecule has 0 aromatic carbocycles. The third kappa shape index (κ3) is 1.36. The zero-order chi connectivity index (χ0) is 7.90. The number of aromatic nitrogens is 1. The first-order valence-corrected chi connectivity index (χ1v) is 5.49. The van der Waals surface area contributed by atoms with Gasteiger partial charge in [0.15, 0.2) is 0 Å². The lowest BCUT2D eigenvalue weighted by atomic mass is 10.4. The van der Waals surface area contributed by atoms with Gasteiger partial charge < -0.3 is 0 Å². The molecule has 1 fully saturated rings. The fraction of sp³-hybridized carbons (Fsp3) is 0.625. The van der Waals surface area contributed by atoms with Crippen molar-refractivity contribution in [3.8, 4) is 0 Å². The maximum atomic E-state index is 4.39. The monoisotopic (exact) mass is 231 g/mol. The van der Waals surface area contributed by atoms with Crippen molar-refractivity contribution in [2.45, 2.75) is 30.5 Å². The van der Waals surface area contributed by atoms with Crippen LogP contribution in [-0.2, 0) is 10.7 Å². The predicted octanol–water partition coefficient (Wildman–Crippen LogP) is 3.09. The third-order valence-corrected chi connectivity index (χ3v) is 4.75. The number of thiazole rings is 1. The van der Waals surface area contributed by atoms with Gasteiger partial charge in [-0.15, -0.1) is 11.3 Å². The van der Waals surface area contributed by atoms with Crippen LogP contribution in [-0.4, -0.2) is 4.98 Å². The fourth-order valence-electron chi connectivity index (χ4n) is 1.00. The Bertz CT molecular complexity index is 265. The van der Waals surface area contributed by atoms with Crippen molar-refractivity contribution in [1.82, 2.24) is 4.98 Å². The summed E-state index contributed by atoms with van der Waals surface area (Å²) in [5, 5.41) is 1.27. The summed E-state index contributed by atoms with van der Waals surface area (Å²) in [5.41, 5.74) is 0. The second kappa shape index (κ2) is 2.56. The summed E-state index contributed by atoms with van der Waals surface area (Å²) >= 11 is 5.53. The van der Waals surface area contributed by atoms with E-state index in [1.807, 2.05) is 17.5 Å². The summed E-state index contributed by atoms with van der Waals surface area (Å²) in [5.74, 6) is 0. The van der Waals surface area contributed by atoms with Crippen LogP contribution < -0.4 is 0 Å². The Morgan fingerprint density at radius 2 is 2.45 bits per heavy atom. The van der Waals surface area contributed by atoms with Crippen molar-refractivity contribution >= 4 is 27.3 Å². The van der Waals surface area contributed by atoms with Gasteiger partial charge in [0.05, 0.1) is 4.32 Å². The van der Waals surface area contributed by atoms with E-state index in [-0.39, 0.29) is 4.32 Å². The molecule has 3 heteroatoms. The molecule has 0 spiro atoms. The SMILES string of the molecule is CCc1cnc(C2(Br)CC2)s1. The highest BCUT2D eigenvalue weighted by Crippen LogP contribution is 2.54. The van der Waals surface area contributed by atoms with Gasteiger partial charge in [0, 0.05) is 11.1 Å². The highest BCUT2D eigenvalue weighted by molar-refractivity contribution is 9.09. The molecule has 0 amide bonds. The molecule has 2 rings (SSSR count). The number of halogens is 1. The summed E-state index contributed by atoms with van der Waals surface area (Å²) in [7, 11) is 0. The Balaban J connectivity index is 2.25. The topological polar surface area (TPSA) is 12.9 Å². The van der Waals surface area contributed by atoms with Gasteiger partial charge >= 0.3 is 0 Å². The van der Waals surface area contributed by atoms with Crippen LogP contribution in [0, 0.1) is 0 Å². The minimum Gasteiger partial charge on any atom is -0.248 e. The van der Waals surface area contributed by atoms with Crippen LogP contribution in [0.3, 0.4) is 0 Å². The third-order valence-electron chi connectivity index (χ3n) is 1.97. The Hall–Kier alpha value is 0.110. The zero-order valence-corrected chi connectivity index (χ0v) is 8.83. The maximum Gasteiger partial charge on any atom is 0.110 e. The van der Waals surface area contributed by atoms with Gasteiger partial charge in [-0.25, -0.2) is 4.98 Å². The summed E-state index contributed by atoms with van der Waals surface area (Å²) in [6, 6.07) is 0. The van der Waals surface area contributed by atoms with Crippen molar-refractivity contribution in [3.63, 3.8) is 0 Å². The van der Waals surface area contributed by atoms with E-state index < -0.39 is 0 Å². The van der Waals surface area contributed by atoms with Crippen LogP contribution >= 0.6 is 27.3 Å². The summed E-state index contributed by atoms with van der Waals surface area (Å²) in [4.78, 5) is 5.79. The first-order valence-electron chi connectivity index (χ1n) is 3.89. The van der Waals surface area contributed by atoms with Crippen LogP contribution in [0.2, 0.25) is 0 Å². The first kappa shape index (κ1) is 7.74. The normalized spacial score (nSPS) is 20.2. The van der Waals surface area contributed by atoms with Gasteiger partial charge in [0.25, 0.3) is 0 Å². The average Bonchev–Trinajstić information content (AvgIpc) is 2.61. The molecule has 1 aromatic heterocycles. The van der Waals surface area contributed by atoms with E-state index in [1.165, 1.54) is 22.7 Å². The molecule has 1 aliphatic carbocycles. The van der Waals surface area contributed by atoms with Crippen molar-refractivity contribution in [2.24, 2.45) is 0 Å². The first-order chi connectivity index (χ1) is 5.24. The minimum atomic E-state index is 0.283. The number of rotatable bonds is 2. The van der Waals surface area contributed by atoms with Crippen LogP contribution in [0.25, 0.3) is 0 Å². The van der Waals surface area contributed by atoms with E-state index in [2.05, 4.69) is 27.8 Å². The standard InChI is InChI=1S/C8H10BrNS/c1-2-6-5-10-7(11-6)8(9)3-4-8/h5H,2-4H2,1H3. The maximum absolute atomic E-state index is 4.39. The molecule has 60 valence electrons. The van der Waals surface area contributed by atoms with Gasteiger partial charge in [-0.05, 0) is 19.3 Å². The molecule has 1 aromatic rings. The van der Waals surface area contributed by atoms with Gasteiger partial charge in [0.1, 0.15) is 5.01 Å². The van der Waals surface area contributed by atoms with Crippen LogP contribution in [0.5, 0.6) is 0 Å². The Kier molecular flexibility index (Phi) is 1.80. The molecule has 0 aliphatic heterocycles. The number of aryl methyl sites for hydroxylation is 1. The summed E-state index contributed by atoms with van der Waals surface area (Å²) in [6.45, 7) is 2.17. The van der Waals surface area contributed by atoms with Crippen molar-refractivity contribution < 1.29 is 0 Å². The van der Waals surface area contributed by atoms with E-state index in [0.29, 0.717) is 0 Å². The molecule has 0 atom stereocenters. The second-order valence-corrected chi connectivity index (χ2v) is 5.58. The Labute approximate surface area is 79.0 Å². The lowest BCUT2D eigenvalue weighted by molar-refractivity contribution is 1.02.